The standard InChI is InChI=1S/C10H16N4O/c1-14-6-7(12-13-14)4-10(11)5-8-2-3-9(10)15-8/h6,8-9H,2-5,11H2,1H3. The zero-order chi connectivity index (χ0) is 10.5. The molecule has 0 saturated carbocycles. The molecule has 0 radical (unpaired) electrons. The van der Waals surface area contributed by atoms with Crippen LogP contribution >= 0.6 is 0 Å². The van der Waals surface area contributed by atoms with Gasteiger partial charge < -0.3 is 10.5 Å². The number of aromatic nitrogens is 3. The molecule has 1 aromatic heterocycles. The van der Waals surface area contributed by atoms with Crippen LogP contribution in [0.2, 0.25) is 0 Å². The first-order valence-electron chi connectivity index (χ1n) is 5.45. The smallest absolute Gasteiger partial charge is 0.0846 e. The lowest BCUT2D eigenvalue weighted by Gasteiger charge is -2.30. The third-order valence-corrected chi connectivity index (χ3v) is 3.52. The monoisotopic (exact) mass is 208 g/mol. The molecule has 2 N–H and O–H groups in total. The molecular weight excluding hydrogens is 192 g/mol. The number of aryl methyl sites for hydroxylation is 1. The minimum atomic E-state index is -0.209. The average molecular weight is 208 g/mol. The van der Waals surface area contributed by atoms with E-state index in [1.165, 1.54) is 6.42 Å². The molecule has 5 nitrogen and oxygen atoms in total. The molecule has 3 unspecified atom stereocenters. The largest absolute Gasteiger partial charge is 0.373 e. The Bertz CT molecular complexity index is 377. The molecule has 2 aliphatic heterocycles. The molecule has 3 atom stereocenters. The number of nitrogens with two attached hydrogens (primary N) is 1. The fraction of sp³-hybridized carbons (Fsp3) is 0.800. The third kappa shape index (κ3) is 1.46. The van der Waals surface area contributed by atoms with E-state index in [2.05, 4.69) is 10.3 Å². The van der Waals surface area contributed by atoms with Crippen molar-refractivity contribution >= 4 is 0 Å². The van der Waals surface area contributed by atoms with E-state index in [-0.39, 0.29) is 11.6 Å². The first kappa shape index (κ1) is 9.30. The van der Waals surface area contributed by atoms with Crippen LogP contribution in [0.5, 0.6) is 0 Å². The lowest BCUT2D eigenvalue weighted by atomic mass is 9.79. The van der Waals surface area contributed by atoms with E-state index in [1.54, 1.807) is 4.68 Å². The second-order valence-electron chi connectivity index (χ2n) is 4.82. The molecule has 2 aliphatic rings. The summed E-state index contributed by atoms with van der Waals surface area (Å²) < 4.78 is 7.50. The maximum atomic E-state index is 6.38. The predicted molar refractivity (Wildman–Crippen MR) is 54.1 cm³/mol. The van der Waals surface area contributed by atoms with Gasteiger partial charge in [0.25, 0.3) is 0 Å². The highest BCUT2D eigenvalue weighted by Gasteiger charge is 2.50. The van der Waals surface area contributed by atoms with Crippen LogP contribution in [-0.2, 0) is 18.2 Å². The van der Waals surface area contributed by atoms with Gasteiger partial charge in [0.2, 0.25) is 0 Å². The SMILES string of the molecule is Cn1cc(CC2(N)CC3CCC2O3)nn1. The summed E-state index contributed by atoms with van der Waals surface area (Å²) in [5.41, 5.74) is 7.14. The molecule has 0 aliphatic carbocycles. The van der Waals surface area contributed by atoms with E-state index < -0.39 is 0 Å². The second kappa shape index (κ2) is 3.02. The number of hydrogen-bond donors (Lipinski definition) is 1. The van der Waals surface area contributed by atoms with Crippen molar-refractivity contribution in [2.75, 3.05) is 0 Å². The zero-order valence-electron chi connectivity index (χ0n) is 8.89. The third-order valence-electron chi connectivity index (χ3n) is 3.52. The van der Waals surface area contributed by atoms with Crippen LogP contribution in [-0.4, -0.2) is 32.7 Å². The summed E-state index contributed by atoms with van der Waals surface area (Å²) in [4.78, 5) is 0. The molecule has 3 heterocycles. The molecule has 15 heavy (non-hydrogen) atoms. The normalized spacial score (nSPS) is 38.8. The molecule has 3 rings (SSSR count). The van der Waals surface area contributed by atoms with Gasteiger partial charge in [0.15, 0.2) is 0 Å². The van der Waals surface area contributed by atoms with Crippen molar-refractivity contribution in [2.45, 2.75) is 43.4 Å². The van der Waals surface area contributed by atoms with E-state index in [0.717, 1.165) is 25.0 Å². The van der Waals surface area contributed by atoms with Crippen LogP contribution in [0, 0.1) is 0 Å². The summed E-state index contributed by atoms with van der Waals surface area (Å²) in [7, 11) is 1.87. The highest BCUT2D eigenvalue weighted by molar-refractivity contribution is 5.11. The summed E-state index contributed by atoms with van der Waals surface area (Å²) >= 11 is 0. The van der Waals surface area contributed by atoms with E-state index in [4.69, 9.17) is 10.5 Å². The zero-order valence-corrected chi connectivity index (χ0v) is 8.89. The number of fused-ring (bicyclic) bond motifs is 2. The Morgan fingerprint density at radius 2 is 2.53 bits per heavy atom. The summed E-state index contributed by atoms with van der Waals surface area (Å²) in [6.45, 7) is 0. The van der Waals surface area contributed by atoms with Gasteiger partial charge in [0.1, 0.15) is 0 Å². The van der Waals surface area contributed by atoms with Gasteiger partial charge in [-0.25, -0.2) is 0 Å². The first-order chi connectivity index (χ1) is 7.16. The van der Waals surface area contributed by atoms with Gasteiger partial charge in [-0.2, -0.15) is 0 Å². The van der Waals surface area contributed by atoms with Crippen LogP contribution < -0.4 is 5.73 Å². The molecule has 2 fully saturated rings. The summed E-state index contributed by atoms with van der Waals surface area (Å²) in [6.07, 6.45) is 6.56. The molecule has 0 aromatic carbocycles. The van der Waals surface area contributed by atoms with E-state index in [1.807, 2.05) is 13.2 Å². The van der Waals surface area contributed by atoms with Crippen molar-refractivity contribution in [3.63, 3.8) is 0 Å². The van der Waals surface area contributed by atoms with Gasteiger partial charge in [0.05, 0.1) is 23.4 Å². The quantitative estimate of drug-likeness (QED) is 0.743. The van der Waals surface area contributed by atoms with Crippen LogP contribution in [0.25, 0.3) is 0 Å². The lowest BCUT2D eigenvalue weighted by Crippen LogP contribution is -2.50. The topological polar surface area (TPSA) is 66.0 Å². The van der Waals surface area contributed by atoms with Gasteiger partial charge in [-0.3, -0.25) is 4.68 Å². The van der Waals surface area contributed by atoms with Gasteiger partial charge in [0, 0.05) is 19.7 Å². The summed E-state index contributed by atoms with van der Waals surface area (Å²) in [6, 6.07) is 0. The molecule has 1 aromatic rings. The van der Waals surface area contributed by atoms with Crippen LogP contribution in [0.3, 0.4) is 0 Å². The van der Waals surface area contributed by atoms with E-state index in [9.17, 15) is 0 Å². The number of nitrogens with zero attached hydrogens (tertiary/aromatic N) is 3. The fourth-order valence-corrected chi connectivity index (χ4v) is 2.83. The molecule has 0 amide bonds. The second-order valence-corrected chi connectivity index (χ2v) is 4.82. The Kier molecular flexibility index (Phi) is 1.87. The highest BCUT2D eigenvalue weighted by Crippen LogP contribution is 2.41. The van der Waals surface area contributed by atoms with E-state index >= 15 is 0 Å². The predicted octanol–water partition coefficient (Wildman–Crippen LogP) is 0.00640. The van der Waals surface area contributed by atoms with Gasteiger partial charge >= 0.3 is 0 Å². The minimum absolute atomic E-state index is 0.209. The molecule has 5 heteroatoms. The van der Waals surface area contributed by atoms with Crippen LogP contribution in [0.4, 0.5) is 0 Å². The van der Waals surface area contributed by atoms with E-state index in [0.29, 0.717) is 6.10 Å². The van der Waals surface area contributed by atoms with Gasteiger partial charge in [-0.05, 0) is 19.3 Å². The molecular formula is C10H16N4O. The van der Waals surface area contributed by atoms with Crippen LogP contribution in [0.15, 0.2) is 6.20 Å². The molecule has 2 saturated heterocycles. The Balaban J connectivity index is 1.77. The maximum absolute atomic E-state index is 6.38. The average Bonchev–Trinajstić information content (AvgIpc) is 2.81. The Hall–Kier alpha value is -0.940. The summed E-state index contributed by atoms with van der Waals surface area (Å²) in [5, 5.41) is 8.01. The van der Waals surface area contributed by atoms with Crippen molar-refractivity contribution in [3.05, 3.63) is 11.9 Å². The summed E-state index contributed by atoms with van der Waals surface area (Å²) in [5.74, 6) is 0. The van der Waals surface area contributed by atoms with Crippen LogP contribution in [0.1, 0.15) is 25.0 Å². The van der Waals surface area contributed by atoms with Gasteiger partial charge in [-0.1, -0.05) is 5.21 Å². The van der Waals surface area contributed by atoms with Crippen molar-refractivity contribution in [1.82, 2.24) is 15.0 Å². The molecule has 82 valence electrons. The number of rotatable bonds is 2. The highest BCUT2D eigenvalue weighted by atomic mass is 16.5. The van der Waals surface area contributed by atoms with Gasteiger partial charge in [-0.15, -0.1) is 5.10 Å². The molecule has 2 bridgehead atoms. The maximum Gasteiger partial charge on any atom is 0.0846 e. The Morgan fingerprint density at radius 3 is 3.07 bits per heavy atom. The lowest BCUT2D eigenvalue weighted by molar-refractivity contribution is 0.0854. The fourth-order valence-electron chi connectivity index (χ4n) is 2.83. The van der Waals surface area contributed by atoms with Crippen molar-refractivity contribution < 1.29 is 4.74 Å². The Morgan fingerprint density at radius 1 is 1.67 bits per heavy atom. The Labute approximate surface area is 88.6 Å². The van der Waals surface area contributed by atoms with Crippen molar-refractivity contribution in [3.8, 4) is 0 Å². The number of hydrogen-bond acceptors (Lipinski definition) is 4. The van der Waals surface area contributed by atoms with Crippen molar-refractivity contribution in [2.24, 2.45) is 12.8 Å². The minimum Gasteiger partial charge on any atom is -0.373 e. The van der Waals surface area contributed by atoms with Crippen molar-refractivity contribution in [1.29, 1.82) is 0 Å². The first-order valence-corrected chi connectivity index (χ1v) is 5.45. The molecule has 0 spiro atoms. The number of ether oxygens (including phenoxy) is 1.